The molecule has 1 aliphatic rings. The predicted octanol–water partition coefficient (Wildman–Crippen LogP) is 3.84. The van der Waals surface area contributed by atoms with Crippen molar-refractivity contribution < 1.29 is 0 Å². The first-order valence-corrected chi connectivity index (χ1v) is 7.36. The lowest BCUT2D eigenvalue weighted by Gasteiger charge is -2.25. The van der Waals surface area contributed by atoms with Gasteiger partial charge in [0.1, 0.15) is 16.8 Å². The van der Waals surface area contributed by atoms with Crippen molar-refractivity contribution in [2.75, 3.05) is 11.4 Å². The zero-order valence-corrected chi connectivity index (χ0v) is 11.7. The van der Waals surface area contributed by atoms with Crippen LogP contribution in [-0.4, -0.2) is 16.5 Å². The van der Waals surface area contributed by atoms with Gasteiger partial charge in [0.15, 0.2) is 0 Å². The van der Waals surface area contributed by atoms with Gasteiger partial charge in [-0.2, -0.15) is 11.3 Å². The molecule has 1 fully saturated rings. The van der Waals surface area contributed by atoms with Crippen LogP contribution >= 0.6 is 22.9 Å². The molecule has 0 saturated carbocycles. The largest absolute Gasteiger partial charge is 0.349 e. The van der Waals surface area contributed by atoms with Gasteiger partial charge in [-0.3, -0.25) is 0 Å². The van der Waals surface area contributed by atoms with E-state index in [0.717, 1.165) is 18.2 Å². The van der Waals surface area contributed by atoms with E-state index in [1.165, 1.54) is 18.4 Å². The molecule has 0 amide bonds. The topological polar surface area (TPSA) is 29.0 Å². The summed E-state index contributed by atoms with van der Waals surface area (Å²) < 4.78 is 0. The lowest BCUT2D eigenvalue weighted by atomic mass is 10.1. The number of hydrogen-bond acceptors (Lipinski definition) is 4. The van der Waals surface area contributed by atoms with Crippen molar-refractivity contribution >= 4 is 28.8 Å². The van der Waals surface area contributed by atoms with E-state index < -0.39 is 0 Å². The molecule has 3 nitrogen and oxygen atoms in total. The minimum absolute atomic E-state index is 0.432. The monoisotopic (exact) mass is 279 g/mol. The number of aromatic nitrogens is 2. The van der Waals surface area contributed by atoms with Crippen LogP contribution < -0.4 is 4.90 Å². The number of rotatable bonds is 2. The Hall–Kier alpha value is -1.13. The van der Waals surface area contributed by atoms with Gasteiger partial charge in [0.2, 0.25) is 0 Å². The Labute approximate surface area is 115 Å². The molecule has 3 rings (SSSR count). The second kappa shape index (κ2) is 4.86. The number of anilines is 1. The Morgan fingerprint density at radius 3 is 3.06 bits per heavy atom. The first-order valence-electron chi connectivity index (χ1n) is 6.04. The van der Waals surface area contributed by atoms with Crippen LogP contribution in [0.1, 0.15) is 30.3 Å². The van der Waals surface area contributed by atoms with E-state index in [0.29, 0.717) is 11.2 Å². The van der Waals surface area contributed by atoms with Gasteiger partial charge < -0.3 is 4.90 Å². The fourth-order valence-corrected chi connectivity index (χ4v) is 3.44. The van der Waals surface area contributed by atoms with Crippen LogP contribution in [0.4, 0.5) is 5.82 Å². The van der Waals surface area contributed by atoms with Crippen LogP contribution in [0.2, 0.25) is 5.15 Å². The molecular formula is C13H14ClN3S. The van der Waals surface area contributed by atoms with E-state index in [1.54, 1.807) is 11.3 Å². The van der Waals surface area contributed by atoms with Gasteiger partial charge in [0.25, 0.3) is 0 Å². The lowest BCUT2D eigenvalue weighted by molar-refractivity contribution is 0.711. The highest BCUT2D eigenvalue weighted by Gasteiger charge is 2.27. The van der Waals surface area contributed by atoms with Crippen LogP contribution in [0, 0.1) is 6.92 Å². The molecule has 1 atom stereocenters. The summed E-state index contributed by atoms with van der Waals surface area (Å²) in [6.45, 7) is 2.92. The minimum atomic E-state index is 0.432. The normalized spacial score (nSPS) is 19.4. The molecule has 1 aliphatic heterocycles. The van der Waals surface area contributed by atoms with E-state index in [9.17, 15) is 0 Å². The second-order valence-electron chi connectivity index (χ2n) is 4.50. The molecule has 0 radical (unpaired) electrons. The first kappa shape index (κ1) is 11.9. The highest BCUT2D eigenvalue weighted by atomic mass is 35.5. The van der Waals surface area contributed by atoms with Crippen molar-refractivity contribution in [3.63, 3.8) is 0 Å². The SMILES string of the molecule is Cc1nc(Cl)cc(N2CCCC2c2ccsc2)n1. The van der Waals surface area contributed by atoms with Crippen LogP contribution in [0.5, 0.6) is 0 Å². The van der Waals surface area contributed by atoms with Crippen molar-refractivity contribution in [2.45, 2.75) is 25.8 Å². The Balaban J connectivity index is 1.95. The van der Waals surface area contributed by atoms with Crippen molar-refractivity contribution in [2.24, 2.45) is 0 Å². The summed E-state index contributed by atoms with van der Waals surface area (Å²) in [4.78, 5) is 11.0. The molecule has 94 valence electrons. The van der Waals surface area contributed by atoms with Gasteiger partial charge in [-0.25, -0.2) is 9.97 Å². The van der Waals surface area contributed by atoms with Crippen LogP contribution in [0.15, 0.2) is 22.9 Å². The predicted molar refractivity (Wildman–Crippen MR) is 75.4 cm³/mol. The first-order chi connectivity index (χ1) is 8.74. The maximum Gasteiger partial charge on any atom is 0.134 e. The number of hydrogen-bond donors (Lipinski definition) is 0. The van der Waals surface area contributed by atoms with Gasteiger partial charge in [0, 0.05) is 12.6 Å². The van der Waals surface area contributed by atoms with Crippen molar-refractivity contribution in [3.05, 3.63) is 39.4 Å². The number of nitrogens with zero attached hydrogens (tertiary/aromatic N) is 3. The molecule has 3 heterocycles. The van der Waals surface area contributed by atoms with Crippen molar-refractivity contribution in [1.82, 2.24) is 9.97 Å². The quantitative estimate of drug-likeness (QED) is 0.782. The van der Waals surface area contributed by atoms with Gasteiger partial charge in [-0.05, 0) is 42.2 Å². The van der Waals surface area contributed by atoms with Crippen molar-refractivity contribution in [1.29, 1.82) is 0 Å². The molecule has 0 bridgehead atoms. The molecule has 0 spiro atoms. The van der Waals surface area contributed by atoms with E-state index in [2.05, 4.69) is 31.7 Å². The minimum Gasteiger partial charge on any atom is -0.349 e. The zero-order valence-electron chi connectivity index (χ0n) is 10.1. The zero-order chi connectivity index (χ0) is 12.5. The summed E-state index contributed by atoms with van der Waals surface area (Å²) in [7, 11) is 0. The smallest absolute Gasteiger partial charge is 0.134 e. The Morgan fingerprint density at radius 1 is 1.44 bits per heavy atom. The molecule has 0 aromatic carbocycles. The summed E-state index contributed by atoms with van der Waals surface area (Å²) in [6, 6.07) is 4.49. The van der Waals surface area contributed by atoms with Crippen LogP contribution in [0.3, 0.4) is 0 Å². The van der Waals surface area contributed by atoms with E-state index >= 15 is 0 Å². The highest BCUT2D eigenvalue weighted by Crippen LogP contribution is 2.36. The number of thiophene rings is 1. The van der Waals surface area contributed by atoms with E-state index in [1.807, 2.05) is 13.0 Å². The third-order valence-electron chi connectivity index (χ3n) is 3.27. The van der Waals surface area contributed by atoms with Gasteiger partial charge >= 0.3 is 0 Å². The van der Waals surface area contributed by atoms with E-state index in [4.69, 9.17) is 11.6 Å². The summed E-state index contributed by atoms with van der Waals surface area (Å²) >= 11 is 7.77. The van der Waals surface area contributed by atoms with Gasteiger partial charge in [-0.1, -0.05) is 11.6 Å². The van der Waals surface area contributed by atoms with E-state index in [-0.39, 0.29) is 0 Å². The average Bonchev–Trinajstić information content (AvgIpc) is 2.98. The standard InChI is InChI=1S/C13H14ClN3S/c1-9-15-12(14)7-13(16-9)17-5-2-3-11(17)10-4-6-18-8-10/h4,6-8,11H,2-3,5H2,1H3. The Kier molecular flexibility index (Phi) is 3.22. The Bertz CT molecular complexity index is 521. The second-order valence-corrected chi connectivity index (χ2v) is 5.67. The number of aryl methyl sites for hydroxylation is 1. The summed E-state index contributed by atoms with van der Waals surface area (Å²) in [5.74, 6) is 1.68. The molecule has 1 saturated heterocycles. The van der Waals surface area contributed by atoms with Gasteiger partial charge in [-0.15, -0.1) is 0 Å². The third-order valence-corrected chi connectivity index (χ3v) is 4.16. The third kappa shape index (κ3) is 2.22. The molecule has 2 aromatic heterocycles. The maximum absolute atomic E-state index is 6.03. The molecular weight excluding hydrogens is 266 g/mol. The summed E-state index contributed by atoms with van der Waals surface area (Å²) in [5, 5.41) is 4.87. The maximum atomic E-state index is 6.03. The molecule has 18 heavy (non-hydrogen) atoms. The summed E-state index contributed by atoms with van der Waals surface area (Å²) in [6.07, 6.45) is 2.37. The van der Waals surface area contributed by atoms with Crippen LogP contribution in [0.25, 0.3) is 0 Å². The molecule has 5 heteroatoms. The summed E-state index contributed by atoms with van der Waals surface area (Å²) in [5.41, 5.74) is 1.38. The molecule has 2 aromatic rings. The Morgan fingerprint density at radius 2 is 2.33 bits per heavy atom. The van der Waals surface area contributed by atoms with Crippen molar-refractivity contribution in [3.8, 4) is 0 Å². The van der Waals surface area contributed by atoms with Crippen LogP contribution in [-0.2, 0) is 0 Å². The average molecular weight is 280 g/mol. The number of halogens is 1. The fraction of sp³-hybridized carbons (Fsp3) is 0.385. The molecule has 0 aliphatic carbocycles. The molecule has 1 unspecified atom stereocenters. The molecule has 0 N–H and O–H groups in total. The highest BCUT2D eigenvalue weighted by molar-refractivity contribution is 7.08. The van der Waals surface area contributed by atoms with Gasteiger partial charge in [0.05, 0.1) is 6.04 Å². The lowest BCUT2D eigenvalue weighted by Crippen LogP contribution is -2.23. The fourth-order valence-electron chi connectivity index (χ4n) is 2.52.